The minimum atomic E-state index is -0.353. The third-order valence-corrected chi connectivity index (χ3v) is 4.53. The summed E-state index contributed by atoms with van der Waals surface area (Å²) in [6.45, 7) is 4.16. The molecule has 0 aliphatic heterocycles. The molecule has 0 aliphatic rings. The van der Waals surface area contributed by atoms with Crippen LogP contribution in [0.15, 0.2) is 47.8 Å². The van der Waals surface area contributed by atoms with E-state index in [0.717, 1.165) is 16.1 Å². The Bertz CT molecular complexity index is 906. The van der Waals surface area contributed by atoms with Gasteiger partial charge in [-0.15, -0.1) is 11.3 Å². The fourth-order valence-corrected chi connectivity index (χ4v) is 3.10. The molecule has 0 saturated heterocycles. The highest BCUT2D eigenvalue weighted by Gasteiger charge is 2.12. The van der Waals surface area contributed by atoms with Gasteiger partial charge in [-0.05, 0) is 49.7 Å². The van der Waals surface area contributed by atoms with E-state index in [-0.39, 0.29) is 24.8 Å². The molecule has 0 atom stereocenters. The lowest BCUT2D eigenvalue weighted by Crippen LogP contribution is -2.12. The number of hydrogen-bond acceptors (Lipinski definition) is 5. The molecule has 4 nitrogen and oxygen atoms in total. The van der Waals surface area contributed by atoms with Crippen LogP contribution in [0.5, 0.6) is 11.5 Å². The van der Waals surface area contributed by atoms with E-state index in [1.165, 1.54) is 23.5 Å². The number of benzene rings is 2. The maximum atomic E-state index is 12.9. The Labute approximate surface area is 155 Å². The molecule has 2 aromatic carbocycles. The van der Waals surface area contributed by atoms with E-state index in [1.807, 2.05) is 31.4 Å². The van der Waals surface area contributed by atoms with Crippen LogP contribution in [0.3, 0.4) is 0 Å². The molecule has 3 rings (SSSR count). The number of nitrogens with zero attached hydrogens (tertiary/aromatic N) is 1. The van der Waals surface area contributed by atoms with E-state index in [1.54, 1.807) is 18.2 Å². The van der Waals surface area contributed by atoms with Crippen LogP contribution in [0.25, 0.3) is 0 Å². The number of halogens is 1. The first-order valence-electron chi connectivity index (χ1n) is 8.09. The third kappa shape index (κ3) is 4.89. The van der Waals surface area contributed by atoms with Crippen LogP contribution in [0, 0.1) is 19.7 Å². The second-order valence-electron chi connectivity index (χ2n) is 5.89. The highest BCUT2D eigenvalue weighted by Crippen LogP contribution is 2.20. The van der Waals surface area contributed by atoms with Crippen molar-refractivity contribution in [2.24, 2.45) is 0 Å². The molecular weight excluding hydrogens is 353 g/mol. The largest absolute Gasteiger partial charge is 0.486 e. The Hall–Kier alpha value is -2.73. The molecule has 134 valence electrons. The van der Waals surface area contributed by atoms with Crippen LogP contribution >= 0.6 is 11.3 Å². The Balaban J connectivity index is 1.54. The molecule has 26 heavy (non-hydrogen) atoms. The Morgan fingerprint density at radius 3 is 2.65 bits per heavy atom. The number of rotatable bonds is 6. The summed E-state index contributed by atoms with van der Waals surface area (Å²) in [4.78, 5) is 16.5. The molecule has 1 heterocycles. The predicted molar refractivity (Wildman–Crippen MR) is 98.1 cm³/mol. The van der Waals surface area contributed by atoms with Crippen molar-refractivity contribution < 1.29 is 18.7 Å². The normalized spacial score (nSPS) is 10.6. The van der Waals surface area contributed by atoms with Crippen molar-refractivity contribution in [2.75, 3.05) is 0 Å². The summed E-state index contributed by atoms with van der Waals surface area (Å²) in [6, 6.07) is 11.5. The Morgan fingerprint density at radius 1 is 1.15 bits per heavy atom. The van der Waals surface area contributed by atoms with Gasteiger partial charge in [0.1, 0.15) is 28.9 Å². The molecule has 0 bridgehead atoms. The topological polar surface area (TPSA) is 48.4 Å². The first kappa shape index (κ1) is 18.1. The minimum Gasteiger partial charge on any atom is -0.486 e. The molecule has 1 aromatic heterocycles. The maximum absolute atomic E-state index is 12.9. The molecule has 0 aliphatic carbocycles. The molecule has 0 saturated carbocycles. The molecule has 0 fully saturated rings. The van der Waals surface area contributed by atoms with Crippen LogP contribution in [0.2, 0.25) is 0 Å². The van der Waals surface area contributed by atoms with Gasteiger partial charge in [-0.2, -0.15) is 0 Å². The zero-order valence-electron chi connectivity index (χ0n) is 14.5. The number of aryl methyl sites for hydroxylation is 2. The zero-order valence-corrected chi connectivity index (χ0v) is 15.3. The SMILES string of the molecule is Cc1ccc(OC(=O)Cc2csc(COc3ccc(F)cc3)n2)c(C)c1. The van der Waals surface area contributed by atoms with Crippen molar-refractivity contribution in [3.8, 4) is 11.5 Å². The van der Waals surface area contributed by atoms with Gasteiger partial charge in [-0.25, -0.2) is 9.37 Å². The molecule has 0 amide bonds. The summed E-state index contributed by atoms with van der Waals surface area (Å²) < 4.78 is 23.8. The highest BCUT2D eigenvalue weighted by molar-refractivity contribution is 7.09. The van der Waals surface area contributed by atoms with Crippen molar-refractivity contribution in [2.45, 2.75) is 26.9 Å². The summed E-state index contributed by atoms with van der Waals surface area (Å²) in [6.07, 6.45) is 0.0976. The first-order chi connectivity index (χ1) is 12.5. The smallest absolute Gasteiger partial charge is 0.317 e. The summed E-state index contributed by atoms with van der Waals surface area (Å²) in [5.74, 6) is 0.470. The molecule has 0 spiro atoms. The average molecular weight is 371 g/mol. The number of thiazole rings is 1. The van der Waals surface area contributed by atoms with Gasteiger partial charge in [0.25, 0.3) is 0 Å². The lowest BCUT2D eigenvalue weighted by Gasteiger charge is -2.07. The van der Waals surface area contributed by atoms with Gasteiger partial charge in [0.05, 0.1) is 12.1 Å². The lowest BCUT2D eigenvalue weighted by atomic mass is 10.1. The lowest BCUT2D eigenvalue weighted by molar-refractivity contribution is -0.133. The van der Waals surface area contributed by atoms with Crippen molar-refractivity contribution >= 4 is 17.3 Å². The van der Waals surface area contributed by atoms with Crippen molar-refractivity contribution in [1.29, 1.82) is 0 Å². The molecule has 0 N–H and O–H groups in total. The second-order valence-corrected chi connectivity index (χ2v) is 6.84. The maximum Gasteiger partial charge on any atom is 0.317 e. The standard InChI is InChI=1S/C20H18FNO3S/c1-13-3-8-18(14(2)9-13)25-20(23)10-16-12-26-19(22-16)11-24-17-6-4-15(21)5-7-17/h3-9,12H,10-11H2,1-2H3. The fraction of sp³-hybridized carbons (Fsp3) is 0.200. The van der Waals surface area contributed by atoms with E-state index in [2.05, 4.69) is 4.98 Å². The van der Waals surface area contributed by atoms with E-state index in [4.69, 9.17) is 9.47 Å². The van der Waals surface area contributed by atoms with Gasteiger partial charge < -0.3 is 9.47 Å². The van der Waals surface area contributed by atoms with Crippen molar-refractivity contribution in [1.82, 2.24) is 4.98 Å². The van der Waals surface area contributed by atoms with Crippen molar-refractivity contribution in [3.05, 3.63) is 75.5 Å². The van der Waals surface area contributed by atoms with E-state index in [9.17, 15) is 9.18 Å². The summed E-state index contributed by atoms with van der Waals surface area (Å²) in [7, 11) is 0. The summed E-state index contributed by atoms with van der Waals surface area (Å²) in [5.41, 5.74) is 2.68. The first-order valence-corrected chi connectivity index (χ1v) is 8.97. The molecule has 0 radical (unpaired) electrons. The number of ether oxygens (including phenoxy) is 2. The fourth-order valence-electron chi connectivity index (χ4n) is 2.39. The Morgan fingerprint density at radius 2 is 1.92 bits per heavy atom. The van der Waals surface area contributed by atoms with E-state index in [0.29, 0.717) is 17.2 Å². The number of hydrogen-bond donors (Lipinski definition) is 0. The number of carbonyl (C=O) groups is 1. The van der Waals surface area contributed by atoms with Crippen LogP contribution in [-0.2, 0) is 17.8 Å². The van der Waals surface area contributed by atoms with E-state index < -0.39 is 0 Å². The van der Waals surface area contributed by atoms with Gasteiger partial charge in [-0.1, -0.05) is 17.7 Å². The monoisotopic (exact) mass is 371 g/mol. The summed E-state index contributed by atoms with van der Waals surface area (Å²) in [5, 5.41) is 2.55. The Kier molecular flexibility index (Phi) is 5.63. The van der Waals surface area contributed by atoms with Gasteiger partial charge in [0.15, 0.2) is 0 Å². The van der Waals surface area contributed by atoms with E-state index >= 15 is 0 Å². The number of aromatic nitrogens is 1. The molecular formula is C20H18FNO3S. The molecule has 6 heteroatoms. The van der Waals surface area contributed by atoms with Crippen LogP contribution in [-0.4, -0.2) is 11.0 Å². The highest BCUT2D eigenvalue weighted by atomic mass is 32.1. The van der Waals surface area contributed by atoms with Gasteiger partial charge >= 0.3 is 5.97 Å². The second kappa shape index (κ2) is 8.10. The van der Waals surface area contributed by atoms with Crippen molar-refractivity contribution in [3.63, 3.8) is 0 Å². The zero-order chi connectivity index (χ0) is 18.5. The van der Waals surface area contributed by atoms with Crippen LogP contribution in [0.4, 0.5) is 4.39 Å². The van der Waals surface area contributed by atoms with Gasteiger partial charge in [0, 0.05) is 5.38 Å². The molecule has 3 aromatic rings. The number of carbonyl (C=O) groups excluding carboxylic acids is 1. The van der Waals surface area contributed by atoms with Gasteiger partial charge in [0.2, 0.25) is 0 Å². The average Bonchev–Trinajstić information content (AvgIpc) is 3.04. The van der Waals surface area contributed by atoms with Crippen LogP contribution in [0.1, 0.15) is 21.8 Å². The predicted octanol–water partition coefficient (Wildman–Crippen LogP) is 4.63. The van der Waals surface area contributed by atoms with Crippen LogP contribution < -0.4 is 9.47 Å². The third-order valence-electron chi connectivity index (χ3n) is 3.65. The molecule has 0 unspecified atom stereocenters. The quantitative estimate of drug-likeness (QED) is 0.468. The number of esters is 1. The minimum absolute atomic E-state index is 0.0976. The summed E-state index contributed by atoms with van der Waals surface area (Å²) >= 11 is 1.41. The van der Waals surface area contributed by atoms with Gasteiger partial charge in [-0.3, -0.25) is 4.79 Å².